The summed E-state index contributed by atoms with van der Waals surface area (Å²) >= 11 is 12.0. The number of hydrogen-bond donors (Lipinski definition) is 2. The average Bonchev–Trinajstić information content (AvgIpc) is 3.07. The van der Waals surface area contributed by atoms with Crippen LogP contribution in [-0.4, -0.2) is 24.1 Å². The first-order valence-corrected chi connectivity index (χ1v) is 7.34. The van der Waals surface area contributed by atoms with E-state index in [0.717, 1.165) is 30.4 Å². The Morgan fingerprint density at radius 3 is 2.76 bits per heavy atom. The van der Waals surface area contributed by atoms with Crippen LogP contribution >= 0.6 is 23.2 Å². The van der Waals surface area contributed by atoms with Gasteiger partial charge >= 0.3 is 0 Å². The van der Waals surface area contributed by atoms with Crippen molar-refractivity contribution < 1.29 is 4.42 Å². The smallest absolute Gasteiger partial charge is 0.191 e. The molecular weight excluding hydrogens is 311 g/mol. The molecule has 7 heteroatoms. The highest BCUT2D eigenvalue weighted by atomic mass is 35.5. The zero-order valence-corrected chi connectivity index (χ0v) is 13.5. The van der Waals surface area contributed by atoms with Gasteiger partial charge in [0.2, 0.25) is 0 Å². The molecule has 0 aliphatic heterocycles. The van der Waals surface area contributed by atoms with Crippen molar-refractivity contribution in [3.63, 3.8) is 0 Å². The van der Waals surface area contributed by atoms with Crippen LogP contribution in [-0.2, 0) is 20.0 Å². The fourth-order valence-corrected chi connectivity index (χ4v) is 2.33. The number of nitrogens with zero attached hydrogens (tertiary/aromatic N) is 2. The van der Waals surface area contributed by atoms with E-state index < -0.39 is 0 Å². The van der Waals surface area contributed by atoms with Crippen LogP contribution in [0.4, 0.5) is 0 Å². The maximum Gasteiger partial charge on any atom is 0.191 e. The second-order valence-electron chi connectivity index (χ2n) is 4.52. The molecule has 0 bridgehead atoms. The fraction of sp³-hybridized carbons (Fsp3) is 0.357. The molecule has 0 amide bonds. The molecule has 0 aliphatic carbocycles. The zero-order chi connectivity index (χ0) is 15.2. The molecule has 2 heterocycles. The largest absolute Gasteiger partial charge is 0.469 e. The van der Waals surface area contributed by atoms with Crippen LogP contribution in [0.15, 0.2) is 33.9 Å². The first-order valence-electron chi connectivity index (χ1n) is 6.58. The van der Waals surface area contributed by atoms with Gasteiger partial charge in [-0.1, -0.05) is 23.2 Å². The van der Waals surface area contributed by atoms with Crippen LogP contribution in [0.3, 0.4) is 0 Å². The molecule has 0 aromatic carbocycles. The topological polar surface area (TPSA) is 54.5 Å². The Bertz CT molecular complexity index is 605. The molecule has 2 rings (SSSR count). The summed E-state index contributed by atoms with van der Waals surface area (Å²) in [6.07, 6.45) is 2.47. The minimum atomic E-state index is 0.536. The monoisotopic (exact) mass is 328 g/mol. The molecule has 0 atom stereocenters. The van der Waals surface area contributed by atoms with Gasteiger partial charge in [0.25, 0.3) is 0 Å². The van der Waals surface area contributed by atoms with Gasteiger partial charge in [-0.3, -0.25) is 4.99 Å². The molecule has 2 aromatic rings. The predicted octanol–water partition coefficient (Wildman–Crippen LogP) is 2.83. The minimum absolute atomic E-state index is 0.536. The number of hydrogen-bond acceptors (Lipinski definition) is 2. The van der Waals surface area contributed by atoms with Crippen LogP contribution in [0.1, 0.15) is 11.5 Å². The molecule has 0 saturated carbocycles. The van der Waals surface area contributed by atoms with E-state index in [-0.39, 0.29) is 0 Å². The highest BCUT2D eigenvalue weighted by molar-refractivity contribution is 6.41. The Kier molecular flexibility index (Phi) is 5.59. The summed E-state index contributed by atoms with van der Waals surface area (Å²) in [5.74, 6) is 1.66. The molecule has 0 aliphatic rings. The summed E-state index contributed by atoms with van der Waals surface area (Å²) in [4.78, 5) is 4.17. The standard InChI is InChI=1S/C14H18Cl2N4O/c1-17-14(18-6-5-11-4-3-7-21-11)19-9-10-8-12(15)13(16)20(10)2/h3-4,7-8H,5-6,9H2,1-2H3,(H2,17,18,19). The van der Waals surface area contributed by atoms with Crippen molar-refractivity contribution in [3.8, 4) is 0 Å². The number of aliphatic imine (C=N–C) groups is 1. The van der Waals surface area contributed by atoms with Gasteiger partial charge < -0.3 is 19.6 Å². The van der Waals surface area contributed by atoms with Gasteiger partial charge in [0, 0.05) is 32.8 Å². The molecule has 0 radical (unpaired) electrons. The van der Waals surface area contributed by atoms with Gasteiger partial charge in [0.15, 0.2) is 5.96 Å². The van der Waals surface area contributed by atoms with E-state index in [1.165, 1.54) is 0 Å². The quantitative estimate of drug-likeness (QED) is 0.655. The van der Waals surface area contributed by atoms with E-state index in [1.807, 2.05) is 29.8 Å². The average molecular weight is 329 g/mol. The Morgan fingerprint density at radius 1 is 1.38 bits per heavy atom. The van der Waals surface area contributed by atoms with E-state index in [1.54, 1.807) is 13.3 Å². The number of halogens is 2. The van der Waals surface area contributed by atoms with E-state index in [0.29, 0.717) is 16.7 Å². The highest BCUT2D eigenvalue weighted by Gasteiger charge is 2.09. The molecule has 0 unspecified atom stereocenters. The Balaban J connectivity index is 1.81. The molecular formula is C14H18Cl2N4O. The predicted molar refractivity (Wildman–Crippen MR) is 86.0 cm³/mol. The first kappa shape index (κ1) is 15.8. The molecule has 0 saturated heterocycles. The third kappa shape index (κ3) is 4.19. The van der Waals surface area contributed by atoms with Crippen molar-refractivity contribution >= 4 is 29.2 Å². The zero-order valence-electron chi connectivity index (χ0n) is 12.0. The summed E-state index contributed by atoms with van der Waals surface area (Å²) < 4.78 is 7.12. The first-order chi connectivity index (χ1) is 10.1. The lowest BCUT2D eigenvalue weighted by atomic mass is 10.3. The van der Waals surface area contributed by atoms with Crippen molar-refractivity contribution in [3.05, 3.63) is 46.1 Å². The lowest BCUT2D eigenvalue weighted by Gasteiger charge is -2.12. The SMILES string of the molecule is CN=C(NCCc1ccco1)NCc1cc(Cl)c(Cl)n1C. The summed E-state index contributed by atoms with van der Waals surface area (Å²) in [5, 5.41) is 7.53. The van der Waals surface area contributed by atoms with Crippen molar-refractivity contribution in [1.82, 2.24) is 15.2 Å². The van der Waals surface area contributed by atoms with Crippen molar-refractivity contribution in [1.29, 1.82) is 0 Å². The summed E-state index contributed by atoms with van der Waals surface area (Å²) in [6.45, 7) is 1.32. The number of guanidine groups is 1. The third-order valence-corrected chi connectivity index (χ3v) is 3.96. The lowest BCUT2D eigenvalue weighted by Crippen LogP contribution is -2.38. The van der Waals surface area contributed by atoms with Gasteiger partial charge in [0.05, 0.1) is 17.8 Å². The molecule has 5 nitrogen and oxygen atoms in total. The van der Waals surface area contributed by atoms with Gasteiger partial charge in [-0.25, -0.2) is 0 Å². The maximum absolute atomic E-state index is 6.04. The molecule has 0 spiro atoms. The number of rotatable bonds is 5. The van der Waals surface area contributed by atoms with Crippen LogP contribution in [0.25, 0.3) is 0 Å². The maximum atomic E-state index is 6.04. The summed E-state index contributed by atoms with van der Waals surface area (Å²) in [6, 6.07) is 5.67. The van der Waals surface area contributed by atoms with Gasteiger partial charge in [-0.15, -0.1) is 0 Å². The number of nitrogens with one attached hydrogen (secondary N) is 2. The lowest BCUT2D eigenvalue weighted by molar-refractivity contribution is 0.506. The van der Waals surface area contributed by atoms with Gasteiger partial charge in [0.1, 0.15) is 10.9 Å². The number of furan rings is 1. The van der Waals surface area contributed by atoms with E-state index in [2.05, 4.69) is 15.6 Å². The summed E-state index contributed by atoms with van der Waals surface area (Å²) in [5.41, 5.74) is 0.985. The normalized spacial score (nSPS) is 11.7. The molecule has 21 heavy (non-hydrogen) atoms. The number of aromatic nitrogens is 1. The molecule has 2 N–H and O–H groups in total. The van der Waals surface area contributed by atoms with Gasteiger partial charge in [-0.2, -0.15) is 0 Å². The minimum Gasteiger partial charge on any atom is -0.469 e. The summed E-state index contributed by atoms with van der Waals surface area (Å²) in [7, 11) is 3.60. The van der Waals surface area contributed by atoms with Crippen LogP contribution in [0.2, 0.25) is 10.2 Å². The third-order valence-electron chi connectivity index (χ3n) is 3.12. The molecule has 114 valence electrons. The van der Waals surface area contributed by atoms with Crippen LogP contribution < -0.4 is 10.6 Å². The highest BCUT2D eigenvalue weighted by Crippen LogP contribution is 2.24. The Labute approximate surface area is 133 Å². The second-order valence-corrected chi connectivity index (χ2v) is 5.28. The second kappa shape index (κ2) is 7.43. The van der Waals surface area contributed by atoms with E-state index in [9.17, 15) is 0 Å². The van der Waals surface area contributed by atoms with E-state index >= 15 is 0 Å². The Hall–Kier alpha value is -1.59. The van der Waals surface area contributed by atoms with Crippen molar-refractivity contribution in [2.45, 2.75) is 13.0 Å². The van der Waals surface area contributed by atoms with Gasteiger partial charge in [-0.05, 0) is 18.2 Å². The van der Waals surface area contributed by atoms with Crippen molar-refractivity contribution in [2.75, 3.05) is 13.6 Å². The Morgan fingerprint density at radius 2 is 2.19 bits per heavy atom. The fourth-order valence-electron chi connectivity index (χ4n) is 1.91. The molecule has 0 fully saturated rings. The van der Waals surface area contributed by atoms with Crippen molar-refractivity contribution in [2.24, 2.45) is 12.0 Å². The van der Waals surface area contributed by atoms with Crippen LogP contribution in [0.5, 0.6) is 0 Å². The van der Waals surface area contributed by atoms with E-state index in [4.69, 9.17) is 27.6 Å². The molecule has 2 aromatic heterocycles. The van der Waals surface area contributed by atoms with Crippen LogP contribution in [0, 0.1) is 0 Å².